The molecule has 452 valence electrons. The van der Waals surface area contributed by atoms with Crippen molar-refractivity contribution < 1.29 is 28.6 Å². The second-order valence-corrected chi connectivity index (χ2v) is 22.7. The summed E-state index contributed by atoms with van der Waals surface area (Å²) < 4.78 is 17.0. The van der Waals surface area contributed by atoms with Crippen LogP contribution in [0.15, 0.2) is 72.9 Å². The predicted octanol–water partition coefficient (Wildman–Crippen LogP) is 23.3. The van der Waals surface area contributed by atoms with Gasteiger partial charge in [-0.05, 0) is 89.9 Å². The maximum Gasteiger partial charge on any atom is 0.306 e. The summed E-state index contributed by atoms with van der Waals surface area (Å²) in [5.41, 5.74) is 0. The molecule has 0 fully saturated rings. The molecule has 0 aliphatic carbocycles. The quantitative estimate of drug-likeness (QED) is 0.0261. The molecule has 0 N–H and O–H groups in total. The van der Waals surface area contributed by atoms with Crippen molar-refractivity contribution in [2.75, 3.05) is 13.2 Å². The van der Waals surface area contributed by atoms with Gasteiger partial charge in [-0.2, -0.15) is 0 Å². The van der Waals surface area contributed by atoms with Crippen LogP contribution in [0.1, 0.15) is 348 Å². The first-order chi connectivity index (χ1) is 38.5. The second-order valence-electron chi connectivity index (χ2n) is 22.7. The Labute approximate surface area is 484 Å². The lowest BCUT2D eigenvalue weighted by Gasteiger charge is -2.18. The van der Waals surface area contributed by atoms with Gasteiger partial charge in [0.2, 0.25) is 0 Å². The van der Waals surface area contributed by atoms with Gasteiger partial charge >= 0.3 is 17.9 Å². The molecule has 0 aromatic carbocycles. The molecule has 0 heterocycles. The normalized spacial score (nSPS) is 12.5. The summed E-state index contributed by atoms with van der Waals surface area (Å²) in [6, 6.07) is 0. The summed E-state index contributed by atoms with van der Waals surface area (Å²) in [6.07, 6.45) is 86.3. The molecule has 0 rings (SSSR count). The first kappa shape index (κ1) is 74.8. The lowest BCUT2D eigenvalue weighted by Crippen LogP contribution is -2.30. The van der Waals surface area contributed by atoms with E-state index in [1.165, 1.54) is 212 Å². The molecule has 0 bridgehead atoms. The molecule has 78 heavy (non-hydrogen) atoms. The Bertz CT molecular complexity index is 1440. The smallest absolute Gasteiger partial charge is 0.306 e. The van der Waals surface area contributed by atoms with E-state index in [4.69, 9.17) is 14.2 Å². The van der Waals surface area contributed by atoms with Gasteiger partial charge in [0.25, 0.3) is 0 Å². The van der Waals surface area contributed by atoms with Crippen molar-refractivity contribution in [2.45, 2.75) is 354 Å². The van der Waals surface area contributed by atoms with E-state index in [9.17, 15) is 14.4 Å². The zero-order valence-electron chi connectivity index (χ0n) is 51.9. The Kier molecular flexibility index (Phi) is 63.7. The van der Waals surface area contributed by atoms with Crippen molar-refractivity contribution in [2.24, 2.45) is 0 Å². The molecule has 0 radical (unpaired) electrons. The van der Waals surface area contributed by atoms with E-state index >= 15 is 0 Å². The van der Waals surface area contributed by atoms with Crippen LogP contribution >= 0.6 is 0 Å². The summed E-state index contributed by atoms with van der Waals surface area (Å²) in [5.74, 6) is -0.862. The van der Waals surface area contributed by atoms with E-state index in [2.05, 4.69) is 93.7 Å². The van der Waals surface area contributed by atoms with Crippen molar-refractivity contribution in [3.05, 3.63) is 72.9 Å². The number of ether oxygens (including phenoxy) is 3. The molecule has 0 aliphatic heterocycles. The lowest BCUT2D eigenvalue weighted by molar-refractivity contribution is -0.167. The van der Waals surface area contributed by atoms with Gasteiger partial charge in [-0.25, -0.2) is 0 Å². The third-order valence-electron chi connectivity index (χ3n) is 14.9. The molecule has 0 aromatic rings. The van der Waals surface area contributed by atoms with E-state index in [-0.39, 0.29) is 31.1 Å². The van der Waals surface area contributed by atoms with Gasteiger partial charge in [0, 0.05) is 19.3 Å². The van der Waals surface area contributed by atoms with Crippen LogP contribution in [-0.2, 0) is 28.6 Å². The number of hydrogen-bond acceptors (Lipinski definition) is 6. The first-order valence-corrected chi connectivity index (χ1v) is 33.9. The maximum atomic E-state index is 12.9. The summed E-state index contributed by atoms with van der Waals surface area (Å²) in [4.78, 5) is 38.4. The fourth-order valence-corrected chi connectivity index (χ4v) is 9.88. The first-order valence-electron chi connectivity index (χ1n) is 33.9. The van der Waals surface area contributed by atoms with Crippen LogP contribution in [0.4, 0.5) is 0 Å². The Morgan fingerprint density at radius 1 is 0.269 bits per heavy atom. The van der Waals surface area contributed by atoms with E-state index in [1.54, 1.807) is 0 Å². The number of esters is 3. The highest BCUT2D eigenvalue weighted by atomic mass is 16.6. The number of carbonyl (C=O) groups is 3. The molecule has 0 saturated carbocycles. The minimum atomic E-state index is -0.777. The highest BCUT2D eigenvalue weighted by Crippen LogP contribution is 2.17. The largest absolute Gasteiger partial charge is 0.462 e. The molecule has 0 saturated heterocycles. The molecular weight excluding hydrogens is 961 g/mol. The van der Waals surface area contributed by atoms with Crippen molar-refractivity contribution in [3.63, 3.8) is 0 Å². The van der Waals surface area contributed by atoms with Gasteiger partial charge in [0.1, 0.15) is 13.2 Å². The summed E-state index contributed by atoms with van der Waals surface area (Å²) >= 11 is 0. The molecule has 6 heteroatoms. The van der Waals surface area contributed by atoms with Crippen LogP contribution in [0.25, 0.3) is 0 Å². The van der Waals surface area contributed by atoms with E-state index in [0.29, 0.717) is 19.3 Å². The molecule has 0 aromatic heterocycles. The molecule has 0 amide bonds. The van der Waals surface area contributed by atoms with Crippen molar-refractivity contribution >= 4 is 17.9 Å². The summed E-state index contributed by atoms with van der Waals surface area (Å²) in [5, 5.41) is 0. The fourth-order valence-electron chi connectivity index (χ4n) is 9.88. The number of hydrogen-bond donors (Lipinski definition) is 0. The van der Waals surface area contributed by atoms with Crippen LogP contribution in [-0.4, -0.2) is 37.2 Å². The minimum Gasteiger partial charge on any atom is -0.462 e. The van der Waals surface area contributed by atoms with Crippen LogP contribution < -0.4 is 0 Å². The molecule has 0 spiro atoms. The van der Waals surface area contributed by atoms with E-state index in [1.807, 2.05) is 0 Å². The Hall–Kier alpha value is -3.15. The number of carbonyl (C=O) groups excluding carboxylic acids is 3. The SMILES string of the molecule is CC/C=C\C/C=C\C/C=C\C/C=C\C/C=C\CCCCCCCCCCCC(=O)OCC(COC(=O)CCCCCCCCCCCCCC)OC(=O)CCCCCCCCCCCCC/C=C\CCCCCCCCCC. The van der Waals surface area contributed by atoms with Gasteiger partial charge in [-0.1, -0.05) is 312 Å². The van der Waals surface area contributed by atoms with E-state index < -0.39 is 6.10 Å². The van der Waals surface area contributed by atoms with Crippen molar-refractivity contribution in [1.82, 2.24) is 0 Å². The molecular formula is C72H128O6. The topological polar surface area (TPSA) is 78.9 Å². The Morgan fingerprint density at radius 3 is 0.795 bits per heavy atom. The van der Waals surface area contributed by atoms with Crippen LogP contribution in [0.2, 0.25) is 0 Å². The van der Waals surface area contributed by atoms with E-state index in [0.717, 1.165) is 96.3 Å². The third kappa shape index (κ3) is 63.7. The Balaban J connectivity index is 4.28. The maximum absolute atomic E-state index is 12.9. The second kappa shape index (κ2) is 66.4. The zero-order valence-corrected chi connectivity index (χ0v) is 51.9. The number of unbranched alkanes of at least 4 members (excludes halogenated alkanes) is 39. The highest BCUT2D eigenvalue weighted by molar-refractivity contribution is 5.71. The van der Waals surface area contributed by atoms with Gasteiger partial charge in [-0.15, -0.1) is 0 Å². The minimum absolute atomic E-state index is 0.0735. The van der Waals surface area contributed by atoms with Crippen molar-refractivity contribution in [3.8, 4) is 0 Å². The highest BCUT2D eigenvalue weighted by Gasteiger charge is 2.19. The molecule has 1 unspecified atom stereocenters. The van der Waals surface area contributed by atoms with Gasteiger partial charge < -0.3 is 14.2 Å². The van der Waals surface area contributed by atoms with Crippen LogP contribution in [0.5, 0.6) is 0 Å². The molecule has 1 atom stereocenters. The Morgan fingerprint density at radius 2 is 0.500 bits per heavy atom. The van der Waals surface area contributed by atoms with Gasteiger partial charge in [0.05, 0.1) is 0 Å². The number of allylic oxidation sites excluding steroid dienone is 12. The predicted molar refractivity (Wildman–Crippen MR) is 339 cm³/mol. The lowest BCUT2D eigenvalue weighted by atomic mass is 10.0. The molecule has 6 nitrogen and oxygen atoms in total. The standard InChI is InChI=1S/C72H128O6/c1-4-7-10-13-16-19-22-25-27-29-31-33-35-36-38-39-41-43-45-47-50-53-56-59-62-65-71(74)77-68-69(67-76-70(73)64-61-58-55-52-49-24-21-18-15-12-9-6-3)78-72(75)66-63-60-57-54-51-48-46-44-42-40-37-34-32-30-28-26-23-20-17-14-11-8-5-2/h7,10,16,19,25,27,30-33,36,38,69H,4-6,8-9,11-15,17-18,20-24,26,28-29,34-35,37,39-68H2,1-3H3/b10-7-,19-16-,27-25-,32-30-,33-31-,38-36-. The summed E-state index contributed by atoms with van der Waals surface area (Å²) in [6.45, 7) is 6.57. The van der Waals surface area contributed by atoms with Crippen molar-refractivity contribution in [1.29, 1.82) is 0 Å². The third-order valence-corrected chi connectivity index (χ3v) is 14.9. The zero-order chi connectivity index (χ0) is 56.4. The molecule has 0 aliphatic rings. The summed E-state index contributed by atoms with van der Waals surface area (Å²) in [7, 11) is 0. The van der Waals surface area contributed by atoms with Crippen LogP contribution in [0.3, 0.4) is 0 Å². The average Bonchev–Trinajstić information content (AvgIpc) is 3.44. The van der Waals surface area contributed by atoms with Gasteiger partial charge in [-0.3, -0.25) is 14.4 Å². The number of rotatable bonds is 62. The monoisotopic (exact) mass is 1090 g/mol. The average molecular weight is 1090 g/mol. The fraction of sp³-hybridized carbons (Fsp3) is 0.792. The van der Waals surface area contributed by atoms with Gasteiger partial charge in [0.15, 0.2) is 6.10 Å². The van der Waals surface area contributed by atoms with Crippen LogP contribution in [0, 0.1) is 0 Å².